The molecule has 0 aliphatic heterocycles. The summed E-state index contributed by atoms with van der Waals surface area (Å²) in [6.45, 7) is 16.8. The van der Waals surface area contributed by atoms with Crippen molar-refractivity contribution in [3.63, 3.8) is 0 Å². The summed E-state index contributed by atoms with van der Waals surface area (Å²) >= 11 is 0. The van der Waals surface area contributed by atoms with Crippen molar-refractivity contribution in [3.8, 4) is 0 Å². The number of allylic oxidation sites excluding steroid dienone is 4. The van der Waals surface area contributed by atoms with E-state index in [0.29, 0.717) is 5.92 Å². The molecule has 0 rings (SSSR count). The highest BCUT2D eigenvalue weighted by Gasteiger charge is 2.01. The van der Waals surface area contributed by atoms with E-state index in [9.17, 15) is 0 Å². The summed E-state index contributed by atoms with van der Waals surface area (Å²) in [6, 6.07) is 0. The van der Waals surface area contributed by atoms with Crippen LogP contribution in [-0.4, -0.2) is 7.05 Å². The molecule has 1 N–H and O–H groups in total. The first-order valence-electron chi connectivity index (χ1n) is 8.20. The van der Waals surface area contributed by atoms with E-state index in [1.165, 1.54) is 37.0 Å². The lowest BCUT2D eigenvalue weighted by atomic mass is 10.0. The van der Waals surface area contributed by atoms with E-state index in [1.54, 1.807) is 0 Å². The second-order valence-corrected chi connectivity index (χ2v) is 4.33. The Hall–Kier alpha value is -0.720. The van der Waals surface area contributed by atoms with Gasteiger partial charge < -0.3 is 5.32 Å². The van der Waals surface area contributed by atoms with Crippen LogP contribution in [0.15, 0.2) is 23.4 Å². The van der Waals surface area contributed by atoms with Crippen LogP contribution in [0.2, 0.25) is 0 Å². The number of unbranched alkanes of at least 4 members (excludes halogenated alkanes) is 2. The van der Waals surface area contributed by atoms with Crippen LogP contribution in [0.3, 0.4) is 0 Å². The molecule has 0 heterocycles. The molecule has 1 heteroatoms. The molecule has 116 valence electrons. The van der Waals surface area contributed by atoms with E-state index in [1.807, 2.05) is 34.7 Å². The average Bonchev–Trinajstić information content (AvgIpc) is 2.46. The molecule has 0 bridgehead atoms. The van der Waals surface area contributed by atoms with Crippen LogP contribution in [0.4, 0.5) is 0 Å². The summed E-state index contributed by atoms with van der Waals surface area (Å²) in [4.78, 5) is 0. The zero-order valence-corrected chi connectivity index (χ0v) is 15.1. The lowest BCUT2D eigenvalue weighted by molar-refractivity contribution is 0.689. The molecule has 0 aromatic heterocycles. The molecule has 0 radical (unpaired) electrons. The molecule has 0 fully saturated rings. The predicted octanol–water partition coefficient (Wildman–Crippen LogP) is 6.32. The number of rotatable bonds is 7. The second-order valence-electron chi connectivity index (χ2n) is 4.33. The number of nitrogens with one attached hydrogen (secondary N) is 1. The van der Waals surface area contributed by atoms with Crippen LogP contribution >= 0.6 is 0 Å². The average molecular weight is 270 g/mol. The first-order valence-corrected chi connectivity index (χ1v) is 8.20. The standard InChI is InChI=1S/C14H27N.2C2H6/c1-6-8-9-10-13(7-2)11-14(15-5)12(3)4;2*1-2/h7,11-12,15H,6,8-10H2,1-5H3;2*1-2H3/b13-7-,14-11+;;. The third-order valence-corrected chi connectivity index (χ3v) is 2.69. The lowest BCUT2D eigenvalue weighted by Crippen LogP contribution is -2.11. The molecule has 0 unspecified atom stereocenters. The van der Waals surface area contributed by atoms with Gasteiger partial charge in [-0.1, -0.05) is 73.0 Å². The Kier molecular flexibility index (Phi) is 24.1. The zero-order valence-electron chi connectivity index (χ0n) is 15.1. The highest BCUT2D eigenvalue weighted by atomic mass is 14.8. The first-order chi connectivity index (χ1) is 9.15. The predicted molar refractivity (Wildman–Crippen MR) is 92.6 cm³/mol. The molecule has 0 aliphatic rings. The van der Waals surface area contributed by atoms with E-state index < -0.39 is 0 Å². The monoisotopic (exact) mass is 269 g/mol. The minimum Gasteiger partial charge on any atom is -0.391 e. The topological polar surface area (TPSA) is 12.0 Å². The second kappa shape index (κ2) is 19.6. The summed E-state index contributed by atoms with van der Waals surface area (Å²) in [6.07, 6.45) is 9.69. The van der Waals surface area contributed by atoms with Gasteiger partial charge in [-0.3, -0.25) is 0 Å². The van der Waals surface area contributed by atoms with Crippen molar-refractivity contribution >= 4 is 0 Å². The van der Waals surface area contributed by atoms with E-state index >= 15 is 0 Å². The van der Waals surface area contributed by atoms with Crippen LogP contribution < -0.4 is 5.32 Å². The van der Waals surface area contributed by atoms with Crippen molar-refractivity contribution in [2.45, 2.75) is 81.1 Å². The van der Waals surface area contributed by atoms with Crippen molar-refractivity contribution in [1.82, 2.24) is 5.32 Å². The Bertz CT molecular complexity index is 212. The van der Waals surface area contributed by atoms with Crippen molar-refractivity contribution in [3.05, 3.63) is 23.4 Å². The normalized spacial score (nSPS) is 11.3. The summed E-state index contributed by atoms with van der Waals surface area (Å²) in [7, 11) is 2.01. The van der Waals surface area contributed by atoms with Gasteiger partial charge >= 0.3 is 0 Å². The summed E-state index contributed by atoms with van der Waals surface area (Å²) < 4.78 is 0. The molecule has 0 aliphatic carbocycles. The Morgan fingerprint density at radius 1 is 1.05 bits per heavy atom. The molecule has 19 heavy (non-hydrogen) atoms. The third-order valence-electron chi connectivity index (χ3n) is 2.69. The molecule has 0 atom stereocenters. The highest BCUT2D eigenvalue weighted by Crippen LogP contribution is 2.15. The van der Waals surface area contributed by atoms with Crippen molar-refractivity contribution in [2.75, 3.05) is 7.05 Å². The molecule has 1 nitrogen and oxygen atoms in total. The van der Waals surface area contributed by atoms with Gasteiger partial charge in [0.05, 0.1) is 0 Å². The molecule has 0 aromatic rings. The quantitative estimate of drug-likeness (QED) is 0.421. The Morgan fingerprint density at radius 2 is 1.58 bits per heavy atom. The Balaban J connectivity index is -0.000000579. The maximum Gasteiger partial charge on any atom is 0.0133 e. The van der Waals surface area contributed by atoms with Gasteiger partial charge in [-0.15, -0.1) is 0 Å². The molecule has 0 amide bonds. The Labute approximate surface area is 123 Å². The maximum atomic E-state index is 3.28. The van der Waals surface area contributed by atoms with E-state index in [0.717, 1.165) is 0 Å². The van der Waals surface area contributed by atoms with Crippen molar-refractivity contribution < 1.29 is 0 Å². The minimum absolute atomic E-state index is 0.580. The molecule has 0 saturated carbocycles. The summed E-state index contributed by atoms with van der Waals surface area (Å²) in [5.41, 5.74) is 2.79. The van der Waals surface area contributed by atoms with Crippen LogP contribution in [0.5, 0.6) is 0 Å². The lowest BCUT2D eigenvalue weighted by Gasteiger charge is -2.12. The fourth-order valence-corrected chi connectivity index (χ4v) is 1.61. The Morgan fingerprint density at radius 3 is 1.89 bits per heavy atom. The van der Waals surface area contributed by atoms with Crippen LogP contribution in [0.1, 0.15) is 81.1 Å². The van der Waals surface area contributed by atoms with Gasteiger partial charge in [-0.05, 0) is 31.8 Å². The van der Waals surface area contributed by atoms with Gasteiger partial charge in [0, 0.05) is 12.7 Å². The molecule has 0 spiro atoms. The highest BCUT2D eigenvalue weighted by molar-refractivity contribution is 5.23. The van der Waals surface area contributed by atoms with Gasteiger partial charge in [-0.2, -0.15) is 0 Å². The molecule has 0 saturated heterocycles. The minimum atomic E-state index is 0.580. The van der Waals surface area contributed by atoms with Gasteiger partial charge in [0.15, 0.2) is 0 Å². The van der Waals surface area contributed by atoms with Crippen molar-refractivity contribution in [2.24, 2.45) is 5.92 Å². The van der Waals surface area contributed by atoms with E-state index in [4.69, 9.17) is 0 Å². The van der Waals surface area contributed by atoms with Gasteiger partial charge in [0.2, 0.25) is 0 Å². The van der Waals surface area contributed by atoms with E-state index in [2.05, 4.69) is 45.2 Å². The van der Waals surface area contributed by atoms with Crippen LogP contribution in [-0.2, 0) is 0 Å². The van der Waals surface area contributed by atoms with E-state index in [-0.39, 0.29) is 0 Å². The van der Waals surface area contributed by atoms with Crippen molar-refractivity contribution in [1.29, 1.82) is 0 Å². The van der Waals surface area contributed by atoms with Crippen LogP contribution in [0, 0.1) is 5.92 Å². The summed E-state index contributed by atoms with van der Waals surface area (Å²) in [5.74, 6) is 0.580. The SMILES string of the molecule is C/C=C(\C=C(\NC)C(C)C)CCCCC.CC.CC. The van der Waals surface area contributed by atoms with Gasteiger partial charge in [0.1, 0.15) is 0 Å². The number of hydrogen-bond donors (Lipinski definition) is 1. The zero-order chi connectivity index (χ0) is 15.7. The fourth-order valence-electron chi connectivity index (χ4n) is 1.61. The first kappa shape index (κ1) is 23.4. The largest absolute Gasteiger partial charge is 0.391 e. The maximum absolute atomic E-state index is 3.28. The smallest absolute Gasteiger partial charge is 0.0133 e. The fraction of sp³-hybridized carbons (Fsp3) is 0.778. The molecular formula is C18H39N. The third kappa shape index (κ3) is 15.2. The molecular weight excluding hydrogens is 230 g/mol. The molecule has 0 aromatic carbocycles. The van der Waals surface area contributed by atoms with Crippen LogP contribution in [0.25, 0.3) is 0 Å². The van der Waals surface area contributed by atoms with Gasteiger partial charge in [-0.25, -0.2) is 0 Å². The summed E-state index contributed by atoms with van der Waals surface area (Å²) in [5, 5.41) is 3.28. The number of hydrogen-bond acceptors (Lipinski definition) is 1. The van der Waals surface area contributed by atoms with Gasteiger partial charge in [0.25, 0.3) is 0 Å².